The smallest absolute Gasteiger partial charge is 0.261 e. The monoisotopic (exact) mass is 358 g/mol. The van der Waals surface area contributed by atoms with E-state index in [-0.39, 0.29) is 17.7 Å². The number of likely N-dealkylation sites (N-methyl/N-ethyl adjacent to an activating group) is 1. The van der Waals surface area contributed by atoms with Gasteiger partial charge in [0.05, 0.1) is 5.70 Å². The molecule has 2 amide bonds. The third-order valence-corrected chi connectivity index (χ3v) is 4.62. The topological polar surface area (TPSA) is 49.4 Å². The van der Waals surface area contributed by atoms with Crippen LogP contribution in [0.25, 0.3) is 5.57 Å². The average Bonchev–Trinajstić information content (AvgIpc) is 2.62. The number of allylic oxidation sites excluding steroid dienone is 3. The van der Waals surface area contributed by atoms with Gasteiger partial charge in [0.1, 0.15) is 11.4 Å². The molecule has 1 aromatic carbocycles. The van der Waals surface area contributed by atoms with E-state index >= 15 is 0 Å². The van der Waals surface area contributed by atoms with Gasteiger partial charge in [-0.2, -0.15) is 0 Å². The molecular weight excluding hydrogens is 338 g/mol. The van der Waals surface area contributed by atoms with Crippen molar-refractivity contribution < 1.29 is 18.4 Å². The van der Waals surface area contributed by atoms with Crippen molar-refractivity contribution in [1.29, 1.82) is 0 Å². The predicted molar refractivity (Wildman–Crippen MR) is 95.1 cm³/mol. The second-order valence-electron chi connectivity index (χ2n) is 6.53. The number of hydrogen-bond acceptors (Lipinski definition) is 2. The van der Waals surface area contributed by atoms with Crippen molar-refractivity contribution >= 4 is 17.4 Å². The Hall–Kier alpha value is -2.76. The van der Waals surface area contributed by atoms with E-state index in [4.69, 9.17) is 0 Å². The van der Waals surface area contributed by atoms with Crippen LogP contribution < -0.4 is 5.32 Å². The summed E-state index contributed by atoms with van der Waals surface area (Å²) >= 11 is 0. The van der Waals surface area contributed by atoms with Crippen molar-refractivity contribution in [2.45, 2.75) is 26.2 Å². The molecule has 2 aliphatic rings. The summed E-state index contributed by atoms with van der Waals surface area (Å²) in [6.07, 6.45) is 2.22. The number of nitrogens with one attached hydrogen (secondary N) is 1. The van der Waals surface area contributed by atoms with Gasteiger partial charge >= 0.3 is 0 Å². The highest BCUT2D eigenvalue weighted by molar-refractivity contribution is 6.24. The predicted octanol–water partition coefficient (Wildman–Crippen LogP) is 3.56. The van der Waals surface area contributed by atoms with Gasteiger partial charge in [0.25, 0.3) is 11.8 Å². The van der Waals surface area contributed by atoms with Crippen LogP contribution in [0.15, 0.2) is 53.3 Å². The van der Waals surface area contributed by atoms with Gasteiger partial charge in [-0.25, -0.2) is 8.78 Å². The van der Waals surface area contributed by atoms with Crippen LogP contribution in [0, 0.1) is 6.92 Å². The Labute approximate surface area is 150 Å². The number of halogens is 2. The van der Waals surface area contributed by atoms with Crippen molar-refractivity contribution in [2.24, 2.45) is 0 Å². The molecule has 1 heterocycles. The highest BCUT2D eigenvalue weighted by atomic mass is 19.2. The first-order chi connectivity index (χ1) is 12.4. The quantitative estimate of drug-likeness (QED) is 0.840. The maximum atomic E-state index is 13.9. The Bertz CT molecular complexity index is 851. The Morgan fingerprint density at radius 1 is 1.15 bits per heavy atom. The van der Waals surface area contributed by atoms with Crippen LogP contribution in [0.4, 0.5) is 8.78 Å². The van der Waals surface area contributed by atoms with Crippen LogP contribution in [-0.2, 0) is 9.59 Å². The van der Waals surface area contributed by atoms with Crippen LogP contribution in [0.2, 0.25) is 0 Å². The molecule has 0 bridgehead atoms. The molecule has 1 aromatic rings. The Morgan fingerprint density at radius 2 is 1.85 bits per heavy atom. The van der Waals surface area contributed by atoms with E-state index in [0.29, 0.717) is 25.0 Å². The second kappa shape index (κ2) is 7.23. The lowest BCUT2D eigenvalue weighted by Gasteiger charge is -2.27. The number of nitrogens with zero attached hydrogens (tertiary/aromatic N) is 1. The molecule has 0 aromatic heterocycles. The molecule has 1 N–H and O–H groups in total. The van der Waals surface area contributed by atoms with E-state index < -0.39 is 23.5 Å². The molecule has 3 rings (SSSR count). The molecule has 4 nitrogen and oxygen atoms in total. The molecule has 1 aliphatic heterocycles. The normalized spacial score (nSPS) is 18.2. The fourth-order valence-electron chi connectivity index (χ4n) is 3.08. The van der Waals surface area contributed by atoms with Crippen LogP contribution in [0.1, 0.15) is 30.4 Å². The summed E-state index contributed by atoms with van der Waals surface area (Å²) < 4.78 is 27.4. The summed E-state index contributed by atoms with van der Waals surface area (Å²) in [5.74, 6) is -3.10. The summed E-state index contributed by atoms with van der Waals surface area (Å²) in [5, 5.41) is 2.37. The number of rotatable bonds is 3. The highest BCUT2D eigenvalue weighted by Gasteiger charge is 2.31. The summed E-state index contributed by atoms with van der Waals surface area (Å²) in [7, 11) is 1.61. The van der Waals surface area contributed by atoms with Gasteiger partial charge in [-0.05, 0) is 30.9 Å². The fraction of sp³-hybridized carbons (Fsp3) is 0.300. The molecule has 0 spiro atoms. The number of amides is 2. The van der Waals surface area contributed by atoms with Crippen LogP contribution in [0.5, 0.6) is 0 Å². The third-order valence-electron chi connectivity index (χ3n) is 4.62. The standard InChI is InChI=1S/C20H20F2N2O2/c1-12-6-8-13(9-7-12)14-10-11-24(2)20(26)17(14)19(25)23-16-5-3-4-15(21)18(16)22/h5-9H,3-4,10-11H2,1-2H3,(H,23,25). The van der Waals surface area contributed by atoms with Crippen molar-refractivity contribution in [3.8, 4) is 0 Å². The van der Waals surface area contributed by atoms with E-state index in [1.807, 2.05) is 31.2 Å². The van der Waals surface area contributed by atoms with E-state index in [0.717, 1.165) is 11.1 Å². The van der Waals surface area contributed by atoms with Crippen LogP contribution in [-0.4, -0.2) is 30.3 Å². The third kappa shape index (κ3) is 3.45. The number of aryl methyl sites for hydroxylation is 1. The first kappa shape index (κ1) is 18.0. The van der Waals surface area contributed by atoms with Crippen LogP contribution in [0.3, 0.4) is 0 Å². The Balaban J connectivity index is 1.99. The van der Waals surface area contributed by atoms with Crippen molar-refractivity contribution in [2.75, 3.05) is 13.6 Å². The summed E-state index contributed by atoms with van der Waals surface area (Å²) in [6.45, 7) is 2.44. The summed E-state index contributed by atoms with van der Waals surface area (Å²) in [4.78, 5) is 26.8. The number of carbonyl (C=O) groups is 2. The lowest BCUT2D eigenvalue weighted by molar-refractivity contribution is -0.129. The van der Waals surface area contributed by atoms with E-state index in [9.17, 15) is 18.4 Å². The van der Waals surface area contributed by atoms with Gasteiger partial charge in [0.15, 0.2) is 5.83 Å². The maximum absolute atomic E-state index is 13.9. The van der Waals surface area contributed by atoms with Gasteiger partial charge in [-0.1, -0.05) is 35.9 Å². The molecule has 0 unspecified atom stereocenters. The van der Waals surface area contributed by atoms with E-state index in [1.165, 1.54) is 11.0 Å². The second-order valence-corrected chi connectivity index (χ2v) is 6.53. The zero-order valence-corrected chi connectivity index (χ0v) is 14.7. The zero-order valence-electron chi connectivity index (χ0n) is 14.7. The first-order valence-corrected chi connectivity index (χ1v) is 8.50. The number of carbonyl (C=O) groups excluding carboxylic acids is 2. The van der Waals surface area contributed by atoms with Gasteiger partial charge in [-0.3, -0.25) is 9.59 Å². The number of hydrogen-bond donors (Lipinski definition) is 1. The average molecular weight is 358 g/mol. The SMILES string of the molecule is Cc1ccc(C2=C(C(=O)NC3=CCCC(F)=C3F)C(=O)N(C)CC2)cc1. The molecule has 0 radical (unpaired) electrons. The minimum absolute atomic E-state index is 0.0236. The summed E-state index contributed by atoms with van der Waals surface area (Å²) in [6, 6.07) is 7.53. The molecule has 136 valence electrons. The molecule has 0 fully saturated rings. The lowest BCUT2D eigenvalue weighted by atomic mass is 9.92. The largest absolute Gasteiger partial charge is 0.341 e. The zero-order chi connectivity index (χ0) is 18.8. The Morgan fingerprint density at radius 3 is 2.54 bits per heavy atom. The minimum atomic E-state index is -1.07. The molecule has 0 saturated carbocycles. The molecular formula is C20H20F2N2O2. The van der Waals surface area contributed by atoms with Gasteiger partial charge in [-0.15, -0.1) is 0 Å². The molecule has 0 saturated heterocycles. The van der Waals surface area contributed by atoms with Crippen molar-refractivity contribution in [1.82, 2.24) is 10.2 Å². The summed E-state index contributed by atoms with van der Waals surface area (Å²) in [5.41, 5.74) is 2.22. The fourth-order valence-corrected chi connectivity index (χ4v) is 3.08. The molecule has 26 heavy (non-hydrogen) atoms. The maximum Gasteiger partial charge on any atom is 0.261 e. The Kier molecular flexibility index (Phi) is 5.02. The molecule has 6 heteroatoms. The lowest BCUT2D eigenvalue weighted by Crippen LogP contribution is -2.40. The van der Waals surface area contributed by atoms with Gasteiger partial charge in [0.2, 0.25) is 0 Å². The molecule has 0 atom stereocenters. The first-order valence-electron chi connectivity index (χ1n) is 8.50. The van der Waals surface area contributed by atoms with Crippen molar-refractivity contribution in [3.05, 3.63) is 64.4 Å². The minimum Gasteiger partial charge on any atom is -0.341 e. The van der Waals surface area contributed by atoms with Crippen molar-refractivity contribution in [3.63, 3.8) is 0 Å². The highest BCUT2D eigenvalue weighted by Crippen LogP contribution is 2.30. The molecule has 1 aliphatic carbocycles. The van der Waals surface area contributed by atoms with Gasteiger partial charge < -0.3 is 10.2 Å². The van der Waals surface area contributed by atoms with E-state index in [2.05, 4.69) is 5.32 Å². The number of benzene rings is 1. The van der Waals surface area contributed by atoms with E-state index in [1.54, 1.807) is 7.05 Å². The van der Waals surface area contributed by atoms with Gasteiger partial charge in [0, 0.05) is 20.0 Å². The van der Waals surface area contributed by atoms with Crippen LogP contribution >= 0.6 is 0 Å².